The van der Waals surface area contributed by atoms with Crippen LogP contribution in [-0.2, 0) is 9.59 Å². The number of nitrogens with one attached hydrogen (secondary N) is 1. The highest BCUT2D eigenvalue weighted by Crippen LogP contribution is 2.10. The second-order valence-electron chi connectivity index (χ2n) is 5.53. The Kier molecular flexibility index (Phi) is 20.0. The van der Waals surface area contributed by atoms with E-state index in [-0.39, 0.29) is 12.5 Å². The molecule has 0 radical (unpaired) electrons. The standard InChI is InChI=1S/C14H28N2O2.C3H8/c1-2-3-4-5-6-7-8-9-10-11-14(18)16-12-13(15)17;1-3-2/h2-12H2,1H3,(H2,15,17)(H,16,18);3H2,1-2H3. The van der Waals surface area contributed by atoms with Crippen LogP contribution in [0.4, 0.5) is 0 Å². The summed E-state index contributed by atoms with van der Waals surface area (Å²) in [6.45, 7) is 6.43. The number of carbonyl (C=O) groups is 2. The van der Waals surface area contributed by atoms with Crippen molar-refractivity contribution >= 4 is 11.8 Å². The number of amides is 2. The van der Waals surface area contributed by atoms with Crippen LogP contribution in [0.25, 0.3) is 0 Å². The zero-order valence-electron chi connectivity index (χ0n) is 14.4. The molecule has 4 nitrogen and oxygen atoms in total. The highest BCUT2D eigenvalue weighted by Gasteiger charge is 2.02. The normalized spacial score (nSPS) is 9.67. The SMILES string of the molecule is CCC.CCCCCCCCCCCC(=O)NCC(N)=O. The number of carbonyl (C=O) groups excluding carboxylic acids is 2. The summed E-state index contributed by atoms with van der Waals surface area (Å²) in [5.74, 6) is -0.563. The molecule has 0 aromatic rings. The van der Waals surface area contributed by atoms with Crippen molar-refractivity contribution in [3.63, 3.8) is 0 Å². The Labute approximate surface area is 131 Å². The molecular weight excluding hydrogens is 264 g/mol. The number of rotatable bonds is 12. The third-order valence-corrected chi connectivity index (χ3v) is 2.97. The molecule has 0 saturated heterocycles. The molecule has 0 unspecified atom stereocenters. The molecular formula is C17H36N2O2. The highest BCUT2D eigenvalue weighted by molar-refractivity contribution is 5.83. The van der Waals surface area contributed by atoms with Crippen LogP contribution in [0.5, 0.6) is 0 Å². The van der Waals surface area contributed by atoms with Crippen LogP contribution >= 0.6 is 0 Å². The summed E-state index contributed by atoms with van der Waals surface area (Å²) in [5.41, 5.74) is 4.93. The largest absolute Gasteiger partial charge is 0.368 e. The third-order valence-electron chi connectivity index (χ3n) is 2.97. The van der Waals surface area contributed by atoms with Gasteiger partial charge in [0.15, 0.2) is 0 Å². The van der Waals surface area contributed by atoms with Crippen molar-refractivity contribution in [2.45, 2.75) is 91.4 Å². The summed E-state index contributed by atoms with van der Waals surface area (Å²) in [5, 5.41) is 2.49. The second-order valence-corrected chi connectivity index (χ2v) is 5.53. The van der Waals surface area contributed by atoms with E-state index in [1.54, 1.807) is 0 Å². The second kappa shape index (κ2) is 18.9. The predicted molar refractivity (Wildman–Crippen MR) is 90.0 cm³/mol. The lowest BCUT2D eigenvalue weighted by Gasteiger charge is -2.03. The van der Waals surface area contributed by atoms with E-state index in [0.717, 1.165) is 12.8 Å². The Morgan fingerprint density at radius 1 is 0.810 bits per heavy atom. The maximum atomic E-state index is 11.2. The fourth-order valence-electron chi connectivity index (χ4n) is 1.87. The van der Waals surface area contributed by atoms with Gasteiger partial charge in [-0.25, -0.2) is 0 Å². The lowest BCUT2D eigenvalue weighted by Crippen LogP contribution is -2.33. The summed E-state index contributed by atoms with van der Waals surface area (Å²) >= 11 is 0. The zero-order valence-corrected chi connectivity index (χ0v) is 14.4. The molecule has 4 heteroatoms. The van der Waals surface area contributed by atoms with E-state index in [9.17, 15) is 9.59 Å². The van der Waals surface area contributed by atoms with E-state index in [4.69, 9.17) is 5.73 Å². The molecule has 0 fully saturated rings. The van der Waals surface area contributed by atoms with Crippen LogP contribution in [0.2, 0.25) is 0 Å². The summed E-state index contributed by atoms with van der Waals surface area (Å²) in [7, 11) is 0. The minimum Gasteiger partial charge on any atom is -0.368 e. The van der Waals surface area contributed by atoms with Gasteiger partial charge in [0, 0.05) is 6.42 Å². The van der Waals surface area contributed by atoms with Crippen LogP contribution in [-0.4, -0.2) is 18.4 Å². The van der Waals surface area contributed by atoms with Crippen molar-refractivity contribution in [2.24, 2.45) is 5.73 Å². The molecule has 21 heavy (non-hydrogen) atoms. The summed E-state index contributed by atoms with van der Waals surface area (Å²) in [6.07, 6.45) is 12.9. The average molecular weight is 300 g/mol. The average Bonchev–Trinajstić information content (AvgIpc) is 2.44. The van der Waals surface area contributed by atoms with E-state index in [0.29, 0.717) is 6.42 Å². The minimum atomic E-state index is -0.490. The first-order chi connectivity index (χ1) is 10.1. The van der Waals surface area contributed by atoms with E-state index >= 15 is 0 Å². The molecule has 3 N–H and O–H groups in total. The van der Waals surface area contributed by atoms with Crippen LogP contribution in [0.15, 0.2) is 0 Å². The molecule has 126 valence electrons. The van der Waals surface area contributed by atoms with Gasteiger partial charge in [-0.1, -0.05) is 78.6 Å². The van der Waals surface area contributed by atoms with Gasteiger partial charge in [0.05, 0.1) is 6.54 Å². The molecule has 0 atom stereocenters. The Balaban J connectivity index is 0. The van der Waals surface area contributed by atoms with E-state index in [1.807, 2.05) is 0 Å². The summed E-state index contributed by atoms with van der Waals surface area (Å²) < 4.78 is 0. The van der Waals surface area contributed by atoms with Gasteiger partial charge in [-0.15, -0.1) is 0 Å². The van der Waals surface area contributed by atoms with Gasteiger partial charge in [-0.3, -0.25) is 9.59 Å². The Hall–Kier alpha value is -1.06. The topological polar surface area (TPSA) is 72.2 Å². The van der Waals surface area contributed by atoms with E-state index < -0.39 is 5.91 Å². The van der Waals surface area contributed by atoms with Crippen LogP contribution in [0.1, 0.15) is 91.4 Å². The van der Waals surface area contributed by atoms with Gasteiger partial charge in [-0.05, 0) is 6.42 Å². The van der Waals surface area contributed by atoms with Gasteiger partial charge < -0.3 is 11.1 Å². The Morgan fingerprint density at radius 3 is 1.67 bits per heavy atom. The van der Waals surface area contributed by atoms with Gasteiger partial charge in [0.2, 0.25) is 11.8 Å². The molecule has 0 aliphatic heterocycles. The summed E-state index contributed by atoms with van der Waals surface area (Å²) in [4.78, 5) is 21.7. The first-order valence-electron chi connectivity index (χ1n) is 8.63. The van der Waals surface area contributed by atoms with Gasteiger partial charge >= 0.3 is 0 Å². The van der Waals surface area contributed by atoms with Gasteiger partial charge in [-0.2, -0.15) is 0 Å². The Bertz CT molecular complexity index is 243. The molecule has 0 aliphatic carbocycles. The smallest absolute Gasteiger partial charge is 0.236 e. The van der Waals surface area contributed by atoms with Gasteiger partial charge in [0.25, 0.3) is 0 Å². The van der Waals surface area contributed by atoms with Crippen molar-refractivity contribution in [3.8, 4) is 0 Å². The van der Waals surface area contributed by atoms with E-state index in [2.05, 4.69) is 26.1 Å². The summed E-state index contributed by atoms with van der Waals surface area (Å²) in [6, 6.07) is 0. The predicted octanol–water partition coefficient (Wildman–Crippen LogP) is 3.93. The number of primary amides is 1. The molecule has 0 heterocycles. The molecule has 0 spiro atoms. The van der Waals surface area contributed by atoms with Crippen molar-refractivity contribution in [1.82, 2.24) is 5.32 Å². The fraction of sp³-hybridized carbons (Fsp3) is 0.882. The molecule has 0 aromatic heterocycles. The van der Waals surface area contributed by atoms with E-state index in [1.165, 1.54) is 51.4 Å². The quantitative estimate of drug-likeness (QED) is 0.536. The van der Waals surface area contributed by atoms with Crippen molar-refractivity contribution < 1.29 is 9.59 Å². The monoisotopic (exact) mass is 300 g/mol. The number of hydrogen-bond donors (Lipinski definition) is 2. The van der Waals surface area contributed by atoms with Crippen molar-refractivity contribution in [2.75, 3.05) is 6.54 Å². The highest BCUT2D eigenvalue weighted by atomic mass is 16.2. The van der Waals surface area contributed by atoms with Crippen LogP contribution < -0.4 is 11.1 Å². The number of hydrogen-bond acceptors (Lipinski definition) is 2. The first kappa shape index (κ1) is 22.2. The third kappa shape index (κ3) is 24.4. The lowest BCUT2D eigenvalue weighted by atomic mass is 10.1. The molecule has 0 aromatic carbocycles. The molecule has 0 bridgehead atoms. The van der Waals surface area contributed by atoms with Crippen LogP contribution in [0.3, 0.4) is 0 Å². The molecule has 0 rings (SSSR count). The maximum absolute atomic E-state index is 11.2. The molecule has 0 aliphatic rings. The number of nitrogens with two attached hydrogens (primary N) is 1. The van der Waals surface area contributed by atoms with Crippen LogP contribution in [0, 0.1) is 0 Å². The molecule has 2 amide bonds. The lowest BCUT2D eigenvalue weighted by molar-refractivity contribution is -0.124. The van der Waals surface area contributed by atoms with Crippen molar-refractivity contribution in [1.29, 1.82) is 0 Å². The number of unbranched alkanes of at least 4 members (excludes halogenated alkanes) is 8. The zero-order chi connectivity index (χ0) is 16.3. The molecule has 0 saturated carbocycles. The maximum Gasteiger partial charge on any atom is 0.236 e. The Morgan fingerprint density at radius 2 is 1.24 bits per heavy atom. The van der Waals surface area contributed by atoms with Crippen molar-refractivity contribution in [3.05, 3.63) is 0 Å². The van der Waals surface area contributed by atoms with Gasteiger partial charge in [0.1, 0.15) is 0 Å². The first-order valence-corrected chi connectivity index (χ1v) is 8.63. The minimum absolute atomic E-state index is 0.0454. The fourth-order valence-corrected chi connectivity index (χ4v) is 1.87.